The molecular formula is C22H24F3N3O2. The molecule has 1 heterocycles. The molecule has 0 saturated carbocycles. The Bertz CT molecular complexity index is 1030. The molecule has 0 radical (unpaired) electrons. The van der Waals surface area contributed by atoms with Crippen LogP contribution in [-0.4, -0.2) is 19.9 Å². The van der Waals surface area contributed by atoms with Gasteiger partial charge in [-0.3, -0.25) is 0 Å². The number of ether oxygens (including phenoxy) is 1. The Morgan fingerprint density at radius 1 is 0.900 bits per heavy atom. The van der Waals surface area contributed by atoms with Gasteiger partial charge in [0, 0.05) is 12.6 Å². The summed E-state index contributed by atoms with van der Waals surface area (Å²) in [6.45, 7) is 6.90. The van der Waals surface area contributed by atoms with Crippen LogP contribution in [0, 0.1) is 0 Å². The van der Waals surface area contributed by atoms with Crippen molar-refractivity contribution in [3.05, 3.63) is 65.5 Å². The summed E-state index contributed by atoms with van der Waals surface area (Å²) >= 11 is 0. The van der Waals surface area contributed by atoms with Crippen molar-refractivity contribution in [2.24, 2.45) is 7.05 Å². The van der Waals surface area contributed by atoms with E-state index in [-0.39, 0.29) is 11.4 Å². The van der Waals surface area contributed by atoms with Crippen LogP contribution in [0.25, 0.3) is 11.4 Å². The van der Waals surface area contributed by atoms with Crippen molar-refractivity contribution in [3.63, 3.8) is 0 Å². The average Bonchev–Trinajstić information content (AvgIpc) is 3.02. The van der Waals surface area contributed by atoms with Crippen LogP contribution in [0.4, 0.5) is 13.2 Å². The summed E-state index contributed by atoms with van der Waals surface area (Å²) in [6.07, 6.45) is -4.50. The number of alkyl halides is 3. The first-order chi connectivity index (χ1) is 13.8. The summed E-state index contributed by atoms with van der Waals surface area (Å²) in [5.41, 5.74) is -2.02. The van der Waals surface area contributed by atoms with Crippen LogP contribution >= 0.6 is 0 Å². The second-order valence-electron chi connectivity index (χ2n) is 8.15. The lowest BCUT2D eigenvalue weighted by Crippen LogP contribution is -2.29. The van der Waals surface area contributed by atoms with Crippen molar-refractivity contribution in [1.82, 2.24) is 14.8 Å². The molecule has 30 heavy (non-hydrogen) atoms. The summed E-state index contributed by atoms with van der Waals surface area (Å²) in [5, 5.41) is 18.2. The van der Waals surface area contributed by atoms with Gasteiger partial charge in [0.15, 0.2) is 17.2 Å². The van der Waals surface area contributed by atoms with E-state index < -0.39 is 22.9 Å². The first kappa shape index (κ1) is 21.8. The standard InChI is InChI=1S/C22H24F3N3O2/c1-20(2,29)14-10-12-15(13-11-14)30-21(3,4)19-27-26-18(28(19)5)16-8-6-7-9-17(16)22(23,24)25/h6-13,29H,1-5H3. The Labute approximate surface area is 173 Å². The van der Waals surface area contributed by atoms with Gasteiger partial charge in [0.1, 0.15) is 5.75 Å². The molecule has 1 N–H and O–H groups in total. The highest BCUT2D eigenvalue weighted by Gasteiger charge is 2.36. The molecule has 0 aliphatic rings. The molecule has 0 bridgehead atoms. The van der Waals surface area contributed by atoms with E-state index in [1.165, 1.54) is 22.8 Å². The van der Waals surface area contributed by atoms with E-state index in [0.717, 1.165) is 11.6 Å². The van der Waals surface area contributed by atoms with E-state index in [1.807, 2.05) is 0 Å². The summed E-state index contributed by atoms with van der Waals surface area (Å²) < 4.78 is 47.8. The van der Waals surface area contributed by atoms with Gasteiger partial charge >= 0.3 is 6.18 Å². The zero-order valence-electron chi connectivity index (χ0n) is 17.4. The Hall–Kier alpha value is -2.87. The van der Waals surface area contributed by atoms with Crippen LogP contribution < -0.4 is 4.74 Å². The lowest BCUT2D eigenvalue weighted by atomic mass is 9.98. The number of rotatable bonds is 5. The average molecular weight is 419 g/mol. The Balaban J connectivity index is 1.94. The van der Waals surface area contributed by atoms with Crippen molar-refractivity contribution < 1.29 is 23.0 Å². The third-order valence-electron chi connectivity index (χ3n) is 4.82. The van der Waals surface area contributed by atoms with E-state index in [2.05, 4.69) is 10.2 Å². The largest absolute Gasteiger partial charge is 0.480 e. The van der Waals surface area contributed by atoms with Crippen molar-refractivity contribution in [3.8, 4) is 17.1 Å². The summed E-state index contributed by atoms with van der Waals surface area (Å²) in [4.78, 5) is 0. The Kier molecular flexibility index (Phi) is 5.41. The van der Waals surface area contributed by atoms with Gasteiger partial charge < -0.3 is 14.4 Å². The van der Waals surface area contributed by atoms with Gasteiger partial charge in [-0.15, -0.1) is 10.2 Å². The first-order valence-electron chi connectivity index (χ1n) is 9.39. The van der Waals surface area contributed by atoms with Crippen molar-refractivity contribution in [1.29, 1.82) is 0 Å². The van der Waals surface area contributed by atoms with Crippen LogP contribution in [0.2, 0.25) is 0 Å². The maximum Gasteiger partial charge on any atom is 0.417 e. The molecule has 0 aliphatic heterocycles. The number of hydrogen-bond donors (Lipinski definition) is 1. The molecule has 1 aromatic heterocycles. The molecule has 0 aliphatic carbocycles. The molecule has 2 aromatic carbocycles. The minimum Gasteiger partial charge on any atom is -0.480 e. The molecule has 0 amide bonds. The molecule has 3 aromatic rings. The predicted molar refractivity (Wildman–Crippen MR) is 107 cm³/mol. The van der Waals surface area contributed by atoms with Gasteiger partial charge in [0.25, 0.3) is 0 Å². The predicted octanol–water partition coefficient (Wildman–Crippen LogP) is 5.04. The Morgan fingerprint density at radius 2 is 1.50 bits per heavy atom. The second kappa shape index (κ2) is 7.43. The van der Waals surface area contributed by atoms with Crippen molar-refractivity contribution in [2.75, 3.05) is 0 Å². The van der Waals surface area contributed by atoms with E-state index in [1.54, 1.807) is 59.0 Å². The first-order valence-corrected chi connectivity index (χ1v) is 9.39. The number of benzene rings is 2. The third kappa shape index (κ3) is 4.33. The summed E-state index contributed by atoms with van der Waals surface area (Å²) in [7, 11) is 1.61. The van der Waals surface area contributed by atoms with Gasteiger partial charge in [-0.1, -0.05) is 30.3 Å². The van der Waals surface area contributed by atoms with Gasteiger partial charge in [-0.2, -0.15) is 13.2 Å². The SMILES string of the molecule is Cn1c(-c2ccccc2C(F)(F)F)nnc1C(C)(C)Oc1ccc(C(C)(C)O)cc1. The van der Waals surface area contributed by atoms with Gasteiger partial charge in [-0.05, 0) is 51.5 Å². The monoisotopic (exact) mass is 419 g/mol. The third-order valence-corrected chi connectivity index (χ3v) is 4.82. The molecule has 0 saturated heterocycles. The highest BCUT2D eigenvalue weighted by atomic mass is 19.4. The molecule has 0 spiro atoms. The van der Waals surface area contributed by atoms with Crippen molar-refractivity contribution >= 4 is 0 Å². The molecule has 160 valence electrons. The smallest absolute Gasteiger partial charge is 0.417 e. The van der Waals surface area contributed by atoms with Gasteiger partial charge in [-0.25, -0.2) is 0 Å². The number of aromatic nitrogens is 3. The number of halogens is 3. The minimum absolute atomic E-state index is 0.0448. The fourth-order valence-corrected chi connectivity index (χ4v) is 3.28. The second-order valence-corrected chi connectivity index (χ2v) is 8.15. The fourth-order valence-electron chi connectivity index (χ4n) is 3.28. The lowest BCUT2D eigenvalue weighted by molar-refractivity contribution is -0.137. The number of hydrogen-bond acceptors (Lipinski definition) is 4. The highest BCUT2D eigenvalue weighted by molar-refractivity contribution is 5.61. The molecule has 0 unspecified atom stereocenters. The van der Waals surface area contributed by atoms with Gasteiger partial charge in [0.05, 0.1) is 11.2 Å². The fraction of sp³-hybridized carbons (Fsp3) is 0.364. The van der Waals surface area contributed by atoms with Crippen LogP contribution in [0.3, 0.4) is 0 Å². The minimum atomic E-state index is -4.50. The van der Waals surface area contributed by atoms with Crippen LogP contribution in [0.5, 0.6) is 5.75 Å². The quantitative estimate of drug-likeness (QED) is 0.629. The molecule has 0 fully saturated rings. The molecule has 8 heteroatoms. The molecule has 0 atom stereocenters. The van der Waals surface area contributed by atoms with Crippen LogP contribution in [-0.2, 0) is 24.4 Å². The molecule has 3 rings (SSSR count). The normalized spacial score (nSPS) is 12.8. The van der Waals surface area contributed by atoms with Gasteiger partial charge in [0.2, 0.25) is 0 Å². The number of nitrogens with zero attached hydrogens (tertiary/aromatic N) is 3. The van der Waals surface area contributed by atoms with E-state index >= 15 is 0 Å². The van der Waals surface area contributed by atoms with E-state index in [4.69, 9.17) is 4.74 Å². The zero-order chi connectivity index (χ0) is 22.3. The molecular weight excluding hydrogens is 395 g/mol. The van der Waals surface area contributed by atoms with Crippen LogP contribution in [0.1, 0.15) is 44.6 Å². The zero-order valence-corrected chi connectivity index (χ0v) is 17.4. The lowest BCUT2D eigenvalue weighted by Gasteiger charge is -2.26. The topological polar surface area (TPSA) is 60.2 Å². The number of aliphatic hydroxyl groups is 1. The van der Waals surface area contributed by atoms with E-state index in [0.29, 0.717) is 11.6 Å². The maximum atomic E-state index is 13.4. The summed E-state index contributed by atoms with van der Waals surface area (Å²) in [6, 6.07) is 12.2. The van der Waals surface area contributed by atoms with E-state index in [9.17, 15) is 18.3 Å². The highest BCUT2D eigenvalue weighted by Crippen LogP contribution is 2.37. The molecule has 5 nitrogen and oxygen atoms in total. The summed E-state index contributed by atoms with van der Waals surface area (Å²) in [5.74, 6) is 1.02. The maximum absolute atomic E-state index is 13.4. The van der Waals surface area contributed by atoms with Crippen LogP contribution in [0.15, 0.2) is 48.5 Å². The van der Waals surface area contributed by atoms with Crippen molar-refractivity contribution in [2.45, 2.75) is 45.1 Å². The Morgan fingerprint density at radius 3 is 2.07 bits per heavy atom.